The van der Waals surface area contributed by atoms with E-state index < -0.39 is 0 Å². The van der Waals surface area contributed by atoms with E-state index in [1.165, 1.54) is 0 Å². The van der Waals surface area contributed by atoms with Crippen molar-refractivity contribution in [3.63, 3.8) is 0 Å². The Kier molecular flexibility index (Phi) is 6.17. The van der Waals surface area contributed by atoms with Gasteiger partial charge in [-0.3, -0.25) is 4.79 Å². The van der Waals surface area contributed by atoms with Crippen LogP contribution < -0.4 is 10.2 Å². The Labute approximate surface area is 126 Å². The third-order valence-corrected chi connectivity index (χ3v) is 3.61. The Morgan fingerprint density at radius 1 is 1.29 bits per heavy atom. The van der Waals surface area contributed by atoms with E-state index in [9.17, 15) is 4.79 Å². The minimum absolute atomic E-state index is 0.0976. The van der Waals surface area contributed by atoms with E-state index in [1.54, 1.807) is 7.11 Å². The molecule has 0 spiro atoms. The molecule has 0 fully saturated rings. The van der Waals surface area contributed by atoms with Crippen LogP contribution in [0.25, 0.3) is 0 Å². The van der Waals surface area contributed by atoms with Crippen LogP contribution in [0.5, 0.6) is 0 Å². The molecule has 1 amide bonds. The summed E-state index contributed by atoms with van der Waals surface area (Å²) in [5.41, 5.74) is 2.13. The van der Waals surface area contributed by atoms with Crippen molar-refractivity contribution >= 4 is 11.6 Å². The van der Waals surface area contributed by atoms with Gasteiger partial charge in [0.1, 0.15) is 0 Å². The molecule has 0 saturated heterocycles. The molecule has 0 saturated carbocycles. The maximum Gasteiger partial charge on any atom is 0.243 e. The maximum atomic E-state index is 12.5. The zero-order valence-electron chi connectivity index (χ0n) is 12.8. The first-order chi connectivity index (χ1) is 10.2. The quantitative estimate of drug-likeness (QED) is 0.775. The molecule has 116 valence electrons. The lowest BCUT2D eigenvalue weighted by molar-refractivity contribution is -0.120. The Bertz CT molecular complexity index is 465. The number of methoxy groups -OCH3 is 1. The Morgan fingerprint density at radius 2 is 2.10 bits per heavy atom. The molecule has 21 heavy (non-hydrogen) atoms. The highest BCUT2D eigenvalue weighted by Gasteiger charge is 2.26. The number of hydrogen-bond donors (Lipinski definition) is 1. The first-order valence-corrected chi connectivity index (χ1v) is 7.43. The summed E-state index contributed by atoms with van der Waals surface area (Å²) >= 11 is 0. The fraction of sp³-hybridized carbons (Fsp3) is 0.562. The van der Waals surface area contributed by atoms with Crippen LogP contribution in [0.1, 0.15) is 18.9 Å². The lowest BCUT2D eigenvalue weighted by atomic mass is 10.1. The zero-order valence-corrected chi connectivity index (χ0v) is 12.8. The summed E-state index contributed by atoms with van der Waals surface area (Å²) < 4.78 is 10.6. The third-order valence-electron chi connectivity index (χ3n) is 3.61. The molecule has 2 rings (SSSR count). The van der Waals surface area contributed by atoms with Gasteiger partial charge >= 0.3 is 0 Å². The van der Waals surface area contributed by atoms with Gasteiger partial charge in [0.25, 0.3) is 0 Å². The topological polar surface area (TPSA) is 50.8 Å². The number of carbonyl (C=O) groups excluding carboxylic acids is 1. The molecular formula is C16H24N2O3. The predicted octanol–water partition coefficient (Wildman–Crippen LogP) is 1.56. The second-order valence-corrected chi connectivity index (χ2v) is 5.18. The molecule has 0 radical (unpaired) electrons. The highest BCUT2D eigenvalue weighted by atomic mass is 16.5. The van der Waals surface area contributed by atoms with Gasteiger partial charge in [0.2, 0.25) is 5.91 Å². The molecule has 5 nitrogen and oxygen atoms in total. The number of benzene rings is 1. The van der Waals surface area contributed by atoms with Gasteiger partial charge in [0, 0.05) is 39.1 Å². The summed E-state index contributed by atoms with van der Waals surface area (Å²) in [5, 5.41) is 3.25. The fourth-order valence-corrected chi connectivity index (χ4v) is 2.42. The number of nitrogens with zero attached hydrogens (tertiary/aromatic N) is 1. The summed E-state index contributed by atoms with van der Waals surface area (Å²) in [6, 6.07) is 7.85. The predicted molar refractivity (Wildman–Crippen MR) is 82.4 cm³/mol. The van der Waals surface area contributed by atoms with Crippen molar-refractivity contribution < 1.29 is 14.3 Å². The van der Waals surface area contributed by atoms with Gasteiger partial charge in [-0.2, -0.15) is 0 Å². The standard InChI is InChI=1S/C16H24N2O3/c1-13-16(19)18(8-11-21-10-5-9-20-2)15-7-4-3-6-14(15)12-17-13/h3-4,6-7,13,17H,5,8-12H2,1-2H3. The number of nitrogens with one attached hydrogen (secondary N) is 1. The Morgan fingerprint density at radius 3 is 2.90 bits per heavy atom. The number of para-hydroxylation sites is 1. The molecule has 1 unspecified atom stereocenters. The van der Waals surface area contributed by atoms with Crippen LogP contribution in [0.15, 0.2) is 24.3 Å². The van der Waals surface area contributed by atoms with E-state index in [-0.39, 0.29) is 11.9 Å². The lowest BCUT2D eigenvalue weighted by Crippen LogP contribution is -2.43. The van der Waals surface area contributed by atoms with Crippen molar-refractivity contribution in [2.75, 3.05) is 38.4 Å². The second-order valence-electron chi connectivity index (χ2n) is 5.18. The SMILES string of the molecule is COCCCOCCN1C(=O)C(C)NCc2ccccc21. The molecule has 1 heterocycles. The van der Waals surface area contributed by atoms with Gasteiger partial charge in [-0.05, 0) is 25.0 Å². The maximum absolute atomic E-state index is 12.5. The monoisotopic (exact) mass is 292 g/mol. The number of hydrogen-bond acceptors (Lipinski definition) is 4. The van der Waals surface area contributed by atoms with Gasteiger partial charge in [-0.25, -0.2) is 0 Å². The minimum atomic E-state index is -0.175. The Hall–Kier alpha value is -1.43. The summed E-state index contributed by atoms with van der Waals surface area (Å²) in [4.78, 5) is 14.3. The molecule has 1 aliphatic rings. The normalized spacial score (nSPS) is 18.5. The molecule has 1 aromatic carbocycles. The van der Waals surface area contributed by atoms with Gasteiger partial charge in [0.15, 0.2) is 0 Å². The highest BCUT2D eigenvalue weighted by Crippen LogP contribution is 2.23. The van der Waals surface area contributed by atoms with E-state index in [0.717, 1.165) is 17.7 Å². The van der Waals surface area contributed by atoms with E-state index in [2.05, 4.69) is 11.4 Å². The van der Waals surface area contributed by atoms with E-state index in [1.807, 2.05) is 30.0 Å². The van der Waals surface area contributed by atoms with Gasteiger partial charge in [-0.1, -0.05) is 18.2 Å². The Balaban J connectivity index is 1.96. The molecule has 0 aromatic heterocycles. The third kappa shape index (κ3) is 4.27. The molecular weight excluding hydrogens is 268 g/mol. The average Bonchev–Trinajstić information content (AvgIpc) is 2.62. The number of fused-ring (bicyclic) bond motifs is 1. The van der Waals surface area contributed by atoms with Crippen molar-refractivity contribution in [3.05, 3.63) is 29.8 Å². The van der Waals surface area contributed by atoms with Crippen LogP contribution in [-0.4, -0.2) is 45.4 Å². The molecule has 5 heteroatoms. The van der Waals surface area contributed by atoms with Crippen molar-refractivity contribution in [2.24, 2.45) is 0 Å². The highest BCUT2D eigenvalue weighted by molar-refractivity contribution is 5.98. The van der Waals surface area contributed by atoms with E-state index in [4.69, 9.17) is 9.47 Å². The van der Waals surface area contributed by atoms with Crippen LogP contribution in [0.2, 0.25) is 0 Å². The number of amides is 1. The molecule has 1 atom stereocenters. The van der Waals surface area contributed by atoms with Crippen molar-refractivity contribution in [1.82, 2.24) is 5.32 Å². The van der Waals surface area contributed by atoms with Crippen LogP contribution in [0.4, 0.5) is 5.69 Å². The van der Waals surface area contributed by atoms with Crippen molar-refractivity contribution in [2.45, 2.75) is 25.9 Å². The van der Waals surface area contributed by atoms with Crippen LogP contribution >= 0.6 is 0 Å². The lowest BCUT2D eigenvalue weighted by Gasteiger charge is -2.24. The minimum Gasteiger partial charge on any atom is -0.385 e. The van der Waals surface area contributed by atoms with E-state index in [0.29, 0.717) is 32.9 Å². The van der Waals surface area contributed by atoms with Gasteiger partial charge in [0.05, 0.1) is 12.6 Å². The summed E-state index contributed by atoms with van der Waals surface area (Å²) in [7, 11) is 1.68. The first kappa shape index (κ1) is 15.9. The van der Waals surface area contributed by atoms with Gasteiger partial charge in [-0.15, -0.1) is 0 Å². The van der Waals surface area contributed by atoms with Gasteiger partial charge < -0.3 is 19.7 Å². The van der Waals surface area contributed by atoms with E-state index >= 15 is 0 Å². The largest absolute Gasteiger partial charge is 0.385 e. The zero-order chi connectivity index (χ0) is 15.1. The number of anilines is 1. The molecule has 1 N–H and O–H groups in total. The summed E-state index contributed by atoms with van der Waals surface area (Å²) in [6.45, 7) is 5.10. The molecule has 1 aromatic rings. The van der Waals surface area contributed by atoms with Crippen LogP contribution in [0.3, 0.4) is 0 Å². The van der Waals surface area contributed by atoms with Crippen LogP contribution in [-0.2, 0) is 20.8 Å². The summed E-state index contributed by atoms with van der Waals surface area (Å²) in [5.74, 6) is 0.0976. The number of carbonyl (C=O) groups is 1. The van der Waals surface area contributed by atoms with Crippen molar-refractivity contribution in [1.29, 1.82) is 0 Å². The van der Waals surface area contributed by atoms with Crippen molar-refractivity contribution in [3.8, 4) is 0 Å². The number of ether oxygens (including phenoxy) is 2. The average molecular weight is 292 g/mol. The molecule has 0 bridgehead atoms. The smallest absolute Gasteiger partial charge is 0.243 e. The first-order valence-electron chi connectivity index (χ1n) is 7.43. The second kappa shape index (κ2) is 8.12. The molecule has 1 aliphatic heterocycles. The number of rotatable bonds is 7. The van der Waals surface area contributed by atoms with Crippen LogP contribution in [0, 0.1) is 0 Å². The summed E-state index contributed by atoms with van der Waals surface area (Å²) in [6.07, 6.45) is 0.874. The fourth-order valence-electron chi connectivity index (χ4n) is 2.42. The molecule has 0 aliphatic carbocycles.